The highest BCUT2D eigenvalue weighted by Gasteiger charge is 2.19. The van der Waals surface area contributed by atoms with E-state index in [9.17, 15) is 10.1 Å². The number of aryl methyl sites for hydroxylation is 3. The fourth-order valence-electron chi connectivity index (χ4n) is 3.48. The lowest BCUT2D eigenvalue weighted by Crippen LogP contribution is -2.17. The monoisotopic (exact) mass is 415 g/mol. The van der Waals surface area contributed by atoms with Gasteiger partial charge in [-0.25, -0.2) is 4.98 Å². The number of carbonyl (C=O) groups is 1. The molecular formula is C23H18ClN5O. The topological polar surface area (TPSA) is 83.6 Å². The van der Waals surface area contributed by atoms with E-state index in [0.717, 1.165) is 27.6 Å². The molecule has 4 aromatic rings. The van der Waals surface area contributed by atoms with Gasteiger partial charge in [0, 0.05) is 5.39 Å². The van der Waals surface area contributed by atoms with E-state index in [1.54, 1.807) is 24.3 Å². The smallest absolute Gasteiger partial charge is 0.258 e. The molecule has 6 nitrogen and oxygen atoms in total. The van der Waals surface area contributed by atoms with Crippen molar-refractivity contribution in [3.05, 3.63) is 81.5 Å². The van der Waals surface area contributed by atoms with Crippen molar-refractivity contribution in [2.45, 2.75) is 20.8 Å². The van der Waals surface area contributed by atoms with Gasteiger partial charge >= 0.3 is 0 Å². The summed E-state index contributed by atoms with van der Waals surface area (Å²) in [5, 5.41) is 18.0. The maximum atomic E-state index is 12.8. The first kappa shape index (κ1) is 19.6. The maximum absolute atomic E-state index is 12.8. The summed E-state index contributed by atoms with van der Waals surface area (Å²) < 4.78 is 1.47. The van der Waals surface area contributed by atoms with Crippen molar-refractivity contribution in [3.8, 4) is 11.9 Å². The molecule has 1 amide bonds. The van der Waals surface area contributed by atoms with Crippen LogP contribution in [0.5, 0.6) is 0 Å². The third-order valence-electron chi connectivity index (χ3n) is 4.90. The average Bonchev–Trinajstić information content (AvgIpc) is 3.11. The van der Waals surface area contributed by atoms with Gasteiger partial charge < -0.3 is 5.32 Å². The summed E-state index contributed by atoms with van der Waals surface area (Å²) >= 11 is 6.15. The van der Waals surface area contributed by atoms with Gasteiger partial charge in [0.05, 0.1) is 22.3 Å². The molecule has 0 aliphatic carbocycles. The number of hydrogen-bond acceptors (Lipinski definition) is 4. The van der Waals surface area contributed by atoms with Crippen molar-refractivity contribution in [1.29, 1.82) is 5.26 Å². The van der Waals surface area contributed by atoms with Crippen molar-refractivity contribution in [2.24, 2.45) is 0 Å². The predicted molar refractivity (Wildman–Crippen MR) is 117 cm³/mol. The van der Waals surface area contributed by atoms with E-state index in [0.29, 0.717) is 16.4 Å². The molecule has 0 unspecified atom stereocenters. The molecule has 30 heavy (non-hydrogen) atoms. The lowest BCUT2D eigenvalue weighted by atomic mass is 10.0. The SMILES string of the molecule is Cc1cc(C)c2nc(-n3ncc(C#N)c3NC(=O)c3ccccc3Cl)cc(C)c2c1. The summed E-state index contributed by atoms with van der Waals surface area (Å²) in [7, 11) is 0. The molecule has 0 spiro atoms. The third kappa shape index (κ3) is 3.40. The molecule has 1 N–H and O–H groups in total. The van der Waals surface area contributed by atoms with Crippen LogP contribution in [-0.2, 0) is 0 Å². The molecule has 0 atom stereocenters. The van der Waals surface area contributed by atoms with E-state index in [-0.39, 0.29) is 11.4 Å². The number of aromatic nitrogens is 3. The number of pyridine rings is 1. The Bertz CT molecular complexity index is 1350. The molecule has 7 heteroatoms. The largest absolute Gasteiger partial charge is 0.305 e. The molecule has 0 saturated carbocycles. The van der Waals surface area contributed by atoms with E-state index in [1.807, 2.05) is 19.9 Å². The Morgan fingerprint density at radius 1 is 1.13 bits per heavy atom. The number of nitrogens with one attached hydrogen (secondary N) is 1. The van der Waals surface area contributed by atoms with Crippen molar-refractivity contribution < 1.29 is 4.79 Å². The van der Waals surface area contributed by atoms with Gasteiger partial charge in [0.1, 0.15) is 11.6 Å². The molecule has 0 bridgehead atoms. The Labute approximate surface area is 178 Å². The van der Waals surface area contributed by atoms with E-state index in [1.165, 1.54) is 10.9 Å². The zero-order valence-corrected chi connectivity index (χ0v) is 17.4. The quantitative estimate of drug-likeness (QED) is 0.503. The van der Waals surface area contributed by atoms with E-state index in [4.69, 9.17) is 16.6 Å². The number of hydrogen-bond donors (Lipinski definition) is 1. The van der Waals surface area contributed by atoms with Crippen LogP contribution in [0.2, 0.25) is 5.02 Å². The number of halogens is 1. The molecule has 148 valence electrons. The predicted octanol–water partition coefficient (Wildman–Crippen LogP) is 5.12. The molecule has 0 saturated heterocycles. The maximum Gasteiger partial charge on any atom is 0.258 e. The average molecular weight is 416 g/mol. The molecule has 4 rings (SSSR count). The number of benzene rings is 2. The highest BCUT2D eigenvalue weighted by atomic mass is 35.5. The second-order valence-corrected chi connectivity index (χ2v) is 7.55. The molecule has 2 heterocycles. The Morgan fingerprint density at radius 3 is 2.63 bits per heavy atom. The zero-order valence-electron chi connectivity index (χ0n) is 16.7. The Hall–Kier alpha value is -3.69. The number of carbonyl (C=O) groups excluding carboxylic acids is 1. The summed E-state index contributed by atoms with van der Waals surface area (Å²) in [6, 6.07) is 14.9. The van der Waals surface area contributed by atoms with Crippen LogP contribution in [0.25, 0.3) is 16.7 Å². The van der Waals surface area contributed by atoms with Crippen molar-refractivity contribution in [2.75, 3.05) is 5.32 Å². The number of rotatable bonds is 3. The number of fused-ring (bicyclic) bond motifs is 1. The Kier molecular flexibility index (Phi) is 4.98. The normalized spacial score (nSPS) is 10.8. The van der Waals surface area contributed by atoms with Gasteiger partial charge in [-0.15, -0.1) is 0 Å². The Morgan fingerprint density at radius 2 is 1.90 bits per heavy atom. The minimum atomic E-state index is -0.428. The summed E-state index contributed by atoms with van der Waals surface area (Å²) in [5.74, 6) is 0.338. The van der Waals surface area contributed by atoms with Gasteiger partial charge in [0.15, 0.2) is 11.6 Å². The van der Waals surface area contributed by atoms with Crippen LogP contribution in [0.15, 0.2) is 48.7 Å². The van der Waals surface area contributed by atoms with Crippen molar-refractivity contribution in [3.63, 3.8) is 0 Å². The van der Waals surface area contributed by atoms with Crippen LogP contribution in [0, 0.1) is 32.1 Å². The second-order valence-electron chi connectivity index (χ2n) is 7.14. The van der Waals surface area contributed by atoms with E-state index in [2.05, 4.69) is 35.5 Å². The number of amides is 1. The summed E-state index contributed by atoms with van der Waals surface area (Å²) in [5.41, 5.74) is 4.63. The number of anilines is 1. The van der Waals surface area contributed by atoms with Crippen molar-refractivity contribution >= 4 is 34.2 Å². The fraction of sp³-hybridized carbons (Fsp3) is 0.130. The second kappa shape index (κ2) is 7.62. The minimum absolute atomic E-state index is 0.232. The standard InChI is InChI=1S/C23H18ClN5O/c1-13-8-15(3)21-18(9-13)14(2)10-20(27-21)29-22(16(11-25)12-26-29)28-23(30)17-6-4-5-7-19(17)24/h4-10,12H,1-3H3,(H,28,30). The van der Waals surface area contributed by atoms with Gasteiger partial charge in [-0.2, -0.15) is 15.0 Å². The highest BCUT2D eigenvalue weighted by molar-refractivity contribution is 6.34. The summed E-state index contributed by atoms with van der Waals surface area (Å²) in [4.78, 5) is 17.6. The molecule has 0 aliphatic heterocycles. The first-order valence-electron chi connectivity index (χ1n) is 9.32. The van der Waals surface area contributed by atoms with Crippen LogP contribution in [0.4, 0.5) is 5.82 Å². The van der Waals surface area contributed by atoms with Crippen LogP contribution in [0.3, 0.4) is 0 Å². The van der Waals surface area contributed by atoms with Gasteiger partial charge in [-0.1, -0.05) is 35.4 Å². The fourth-order valence-corrected chi connectivity index (χ4v) is 3.70. The van der Waals surface area contributed by atoms with Gasteiger partial charge in [-0.05, 0) is 56.2 Å². The van der Waals surface area contributed by atoms with Crippen LogP contribution >= 0.6 is 11.6 Å². The van der Waals surface area contributed by atoms with Gasteiger partial charge in [0.25, 0.3) is 5.91 Å². The summed E-state index contributed by atoms with van der Waals surface area (Å²) in [6.07, 6.45) is 1.41. The third-order valence-corrected chi connectivity index (χ3v) is 5.23. The zero-order chi connectivity index (χ0) is 21.4. The molecular weight excluding hydrogens is 398 g/mol. The van der Waals surface area contributed by atoms with Crippen LogP contribution < -0.4 is 5.32 Å². The van der Waals surface area contributed by atoms with Gasteiger partial charge in [-0.3, -0.25) is 4.79 Å². The van der Waals surface area contributed by atoms with Gasteiger partial charge in [0.2, 0.25) is 0 Å². The van der Waals surface area contributed by atoms with Crippen LogP contribution in [-0.4, -0.2) is 20.7 Å². The molecule has 2 aromatic heterocycles. The highest BCUT2D eigenvalue weighted by Crippen LogP contribution is 2.27. The lowest BCUT2D eigenvalue weighted by Gasteiger charge is -2.13. The first-order chi connectivity index (χ1) is 14.4. The molecule has 0 radical (unpaired) electrons. The number of nitriles is 1. The minimum Gasteiger partial charge on any atom is -0.305 e. The lowest BCUT2D eigenvalue weighted by molar-refractivity contribution is 0.102. The molecule has 0 fully saturated rings. The number of nitrogens with zero attached hydrogens (tertiary/aromatic N) is 4. The van der Waals surface area contributed by atoms with E-state index >= 15 is 0 Å². The Balaban J connectivity index is 1.84. The first-order valence-corrected chi connectivity index (χ1v) is 9.70. The van der Waals surface area contributed by atoms with E-state index < -0.39 is 5.91 Å². The summed E-state index contributed by atoms with van der Waals surface area (Å²) in [6.45, 7) is 6.06. The molecule has 0 aliphatic rings. The van der Waals surface area contributed by atoms with Crippen LogP contribution in [0.1, 0.15) is 32.6 Å². The molecule has 2 aromatic carbocycles. The van der Waals surface area contributed by atoms with Crippen molar-refractivity contribution in [1.82, 2.24) is 14.8 Å².